The molecular formula is C13H18N4O2S. The molecule has 0 spiro atoms. The highest BCUT2D eigenvalue weighted by atomic mass is 32.2. The van der Waals surface area contributed by atoms with E-state index in [1.807, 2.05) is 13.1 Å². The molecule has 2 rings (SSSR count). The topological polar surface area (TPSA) is 90.4 Å². The predicted molar refractivity (Wildman–Crippen MR) is 76.4 cm³/mol. The Morgan fingerprint density at radius 2 is 2.00 bits per heavy atom. The number of hydrogen-bond acceptors (Lipinski definition) is 5. The number of nitrogen functional groups attached to an aromatic ring is 1. The van der Waals surface area contributed by atoms with E-state index in [-0.39, 0.29) is 10.6 Å². The molecule has 108 valence electrons. The van der Waals surface area contributed by atoms with Crippen molar-refractivity contribution in [3.63, 3.8) is 0 Å². The Balaban J connectivity index is 2.33. The van der Waals surface area contributed by atoms with Gasteiger partial charge < -0.3 is 10.6 Å². The summed E-state index contributed by atoms with van der Waals surface area (Å²) in [6, 6.07) is 6.24. The molecule has 1 aromatic rings. The van der Waals surface area contributed by atoms with Crippen LogP contribution in [-0.4, -0.2) is 50.8 Å². The van der Waals surface area contributed by atoms with Crippen LogP contribution in [0.4, 0.5) is 5.69 Å². The predicted octanol–water partition coefficient (Wildman–Crippen LogP) is 0.467. The molecule has 6 nitrogen and oxygen atoms in total. The van der Waals surface area contributed by atoms with Gasteiger partial charge in [-0.1, -0.05) is 0 Å². The van der Waals surface area contributed by atoms with Gasteiger partial charge in [0.15, 0.2) is 0 Å². The fourth-order valence-electron chi connectivity index (χ4n) is 2.26. The monoisotopic (exact) mass is 294 g/mol. The molecule has 1 fully saturated rings. The Morgan fingerprint density at radius 3 is 2.65 bits per heavy atom. The lowest BCUT2D eigenvalue weighted by Crippen LogP contribution is -2.34. The van der Waals surface area contributed by atoms with Crippen LogP contribution in [0, 0.1) is 11.3 Å². The lowest BCUT2D eigenvalue weighted by Gasteiger charge is -2.21. The number of nitrogens with zero attached hydrogens (tertiary/aromatic N) is 3. The number of benzene rings is 1. The summed E-state index contributed by atoms with van der Waals surface area (Å²) in [4.78, 5) is 2.19. The lowest BCUT2D eigenvalue weighted by atomic mass is 10.2. The van der Waals surface area contributed by atoms with Gasteiger partial charge >= 0.3 is 0 Å². The Hall–Kier alpha value is -1.62. The first-order valence-electron chi connectivity index (χ1n) is 6.43. The number of nitrogens with two attached hydrogens (primary N) is 1. The van der Waals surface area contributed by atoms with Crippen molar-refractivity contribution < 1.29 is 8.42 Å². The Bertz CT molecular complexity index is 636. The highest BCUT2D eigenvalue weighted by Gasteiger charge is 2.27. The van der Waals surface area contributed by atoms with Crippen LogP contribution in [-0.2, 0) is 10.0 Å². The summed E-state index contributed by atoms with van der Waals surface area (Å²) in [7, 11) is -1.61. The van der Waals surface area contributed by atoms with Crippen molar-refractivity contribution in [1.29, 1.82) is 5.26 Å². The van der Waals surface area contributed by atoms with Gasteiger partial charge in [-0.25, -0.2) is 8.42 Å². The Labute approximate surface area is 119 Å². The largest absolute Gasteiger partial charge is 0.398 e. The summed E-state index contributed by atoms with van der Waals surface area (Å²) in [5.41, 5.74) is 6.27. The van der Waals surface area contributed by atoms with Gasteiger partial charge in [-0.2, -0.15) is 9.57 Å². The molecule has 1 aromatic carbocycles. The second-order valence-corrected chi connectivity index (χ2v) is 6.83. The number of rotatable bonds is 2. The van der Waals surface area contributed by atoms with E-state index in [1.165, 1.54) is 22.5 Å². The van der Waals surface area contributed by atoms with E-state index in [1.54, 1.807) is 0 Å². The minimum absolute atomic E-state index is 0.0843. The SMILES string of the molecule is CN1CCCN(S(=O)(=O)c2ccc(C#N)cc2N)CC1. The quantitative estimate of drug-likeness (QED) is 0.801. The molecule has 7 heteroatoms. The van der Waals surface area contributed by atoms with Crippen LogP contribution < -0.4 is 5.73 Å². The van der Waals surface area contributed by atoms with E-state index in [9.17, 15) is 8.42 Å². The van der Waals surface area contributed by atoms with Crippen molar-refractivity contribution in [1.82, 2.24) is 9.21 Å². The number of sulfonamides is 1. The molecule has 2 N–H and O–H groups in total. The highest BCUT2D eigenvalue weighted by molar-refractivity contribution is 7.89. The summed E-state index contributed by atoms with van der Waals surface area (Å²) < 4.78 is 26.7. The van der Waals surface area contributed by atoms with Crippen LogP contribution in [0.3, 0.4) is 0 Å². The van der Waals surface area contributed by atoms with E-state index < -0.39 is 10.0 Å². The normalized spacial score (nSPS) is 18.4. The van der Waals surface area contributed by atoms with Crippen LogP contribution >= 0.6 is 0 Å². The van der Waals surface area contributed by atoms with Gasteiger partial charge in [-0.05, 0) is 38.2 Å². The smallest absolute Gasteiger partial charge is 0.245 e. The maximum absolute atomic E-state index is 12.6. The first-order chi connectivity index (χ1) is 9.45. The number of likely N-dealkylation sites (N-methyl/N-ethyl adjacent to an activating group) is 1. The molecule has 0 atom stereocenters. The molecule has 1 aliphatic rings. The summed E-state index contributed by atoms with van der Waals surface area (Å²) in [6.45, 7) is 2.54. The van der Waals surface area contributed by atoms with Gasteiger partial charge in [0.25, 0.3) is 0 Å². The molecule has 0 amide bonds. The molecule has 0 aliphatic carbocycles. The van der Waals surface area contributed by atoms with Crippen LogP contribution in [0.2, 0.25) is 0 Å². The first-order valence-corrected chi connectivity index (χ1v) is 7.87. The summed E-state index contributed by atoms with van der Waals surface area (Å²) in [5.74, 6) is 0. The lowest BCUT2D eigenvalue weighted by molar-refractivity contribution is 0.347. The van der Waals surface area contributed by atoms with Gasteiger partial charge in [0.2, 0.25) is 10.0 Å². The highest BCUT2D eigenvalue weighted by Crippen LogP contribution is 2.24. The molecule has 0 aromatic heterocycles. The third-order valence-corrected chi connectivity index (χ3v) is 5.41. The minimum Gasteiger partial charge on any atom is -0.398 e. The molecule has 20 heavy (non-hydrogen) atoms. The van der Waals surface area contributed by atoms with Crippen LogP contribution in [0.1, 0.15) is 12.0 Å². The summed E-state index contributed by atoms with van der Waals surface area (Å²) >= 11 is 0. The van der Waals surface area contributed by atoms with Crippen molar-refractivity contribution in [2.24, 2.45) is 0 Å². The van der Waals surface area contributed by atoms with Gasteiger partial charge in [-0.3, -0.25) is 0 Å². The third-order valence-electron chi connectivity index (χ3n) is 3.44. The first kappa shape index (κ1) is 14.8. The average molecular weight is 294 g/mol. The molecule has 1 saturated heterocycles. The Kier molecular flexibility index (Phi) is 4.28. The molecule has 1 aliphatic heterocycles. The number of nitriles is 1. The molecular weight excluding hydrogens is 276 g/mol. The molecule has 0 saturated carbocycles. The fraction of sp³-hybridized carbons (Fsp3) is 0.462. The number of anilines is 1. The average Bonchev–Trinajstić information content (AvgIpc) is 2.63. The van der Waals surface area contributed by atoms with E-state index in [0.29, 0.717) is 25.2 Å². The van der Waals surface area contributed by atoms with E-state index in [2.05, 4.69) is 4.90 Å². The zero-order valence-electron chi connectivity index (χ0n) is 11.4. The second-order valence-electron chi connectivity index (χ2n) is 4.93. The van der Waals surface area contributed by atoms with Crippen molar-refractivity contribution in [3.05, 3.63) is 23.8 Å². The van der Waals surface area contributed by atoms with E-state index in [0.717, 1.165) is 13.0 Å². The molecule has 0 radical (unpaired) electrons. The maximum Gasteiger partial charge on any atom is 0.245 e. The maximum atomic E-state index is 12.6. The van der Waals surface area contributed by atoms with Crippen molar-refractivity contribution in [3.8, 4) is 6.07 Å². The van der Waals surface area contributed by atoms with Crippen molar-refractivity contribution in [2.75, 3.05) is 39.0 Å². The van der Waals surface area contributed by atoms with Crippen molar-refractivity contribution in [2.45, 2.75) is 11.3 Å². The summed E-state index contributed by atoms with van der Waals surface area (Å²) in [5, 5.41) is 8.80. The minimum atomic E-state index is -3.59. The number of hydrogen-bond donors (Lipinski definition) is 1. The zero-order chi connectivity index (χ0) is 14.8. The molecule has 1 heterocycles. The van der Waals surface area contributed by atoms with Crippen molar-refractivity contribution >= 4 is 15.7 Å². The molecule has 0 bridgehead atoms. The van der Waals surface area contributed by atoms with Gasteiger partial charge in [-0.15, -0.1) is 0 Å². The van der Waals surface area contributed by atoms with E-state index in [4.69, 9.17) is 11.0 Å². The second kappa shape index (κ2) is 5.79. The third kappa shape index (κ3) is 2.93. The molecule has 0 unspecified atom stereocenters. The van der Waals surface area contributed by atoms with Gasteiger partial charge in [0.1, 0.15) is 4.90 Å². The van der Waals surface area contributed by atoms with Crippen LogP contribution in [0.15, 0.2) is 23.1 Å². The Morgan fingerprint density at radius 1 is 1.25 bits per heavy atom. The fourth-order valence-corrected chi connectivity index (χ4v) is 3.82. The summed E-state index contributed by atoms with van der Waals surface area (Å²) in [6.07, 6.45) is 0.798. The van der Waals surface area contributed by atoms with E-state index >= 15 is 0 Å². The van der Waals surface area contributed by atoms with Gasteiger partial charge in [0, 0.05) is 19.6 Å². The van der Waals surface area contributed by atoms with Crippen LogP contribution in [0.5, 0.6) is 0 Å². The zero-order valence-corrected chi connectivity index (χ0v) is 12.2. The van der Waals surface area contributed by atoms with Gasteiger partial charge in [0.05, 0.1) is 17.3 Å². The standard InChI is InChI=1S/C13H18N4O2S/c1-16-5-2-6-17(8-7-16)20(18,19)13-4-3-11(10-14)9-12(13)15/h3-4,9H,2,5-8,15H2,1H3. The van der Waals surface area contributed by atoms with Crippen LogP contribution in [0.25, 0.3) is 0 Å².